The fourth-order valence-electron chi connectivity index (χ4n) is 1.78. The first-order valence-electron chi connectivity index (χ1n) is 6.33. The Morgan fingerprint density at radius 3 is 2.33 bits per heavy atom. The maximum Gasteiger partial charge on any atom is 0.253 e. The molecule has 1 rings (SSSR count). The lowest BCUT2D eigenvalue weighted by Crippen LogP contribution is -2.31. The number of hydrogen-bond acceptors (Lipinski definition) is 3. The van der Waals surface area contributed by atoms with Crippen molar-refractivity contribution in [2.45, 2.75) is 45.6 Å². The van der Waals surface area contributed by atoms with Crippen LogP contribution in [0.15, 0.2) is 12.2 Å². The van der Waals surface area contributed by atoms with E-state index in [1.54, 1.807) is 0 Å². The van der Waals surface area contributed by atoms with Crippen LogP contribution < -0.4 is 5.32 Å². The topological polar surface area (TPSA) is 66.5 Å². The first kappa shape index (κ1) is 14.4. The molecule has 5 nitrogen and oxygen atoms in total. The van der Waals surface area contributed by atoms with Crippen molar-refractivity contribution in [2.75, 3.05) is 6.54 Å². The van der Waals surface area contributed by atoms with Crippen molar-refractivity contribution in [3.63, 3.8) is 0 Å². The summed E-state index contributed by atoms with van der Waals surface area (Å²) in [5.74, 6) is -0.421. The summed E-state index contributed by atoms with van der Waals surface area (Å²) in [6, 6.07) is 0.170. The van der Waals surface area contributed by atoms with Gasteiger partial charge in [-0.3, -0.25) is 19.3 Å². The second kappa shape index (κ2) is 6.93. The lowest BCUT2D eigenvalue weighted by Gasteiger charge is -2.13. The molecule has 0 spiro atoms. The van der Waals surface area contributed by atoms with E-state index >= 15 is 0 Å². The van der Waals surface area contributed by atoms with Gasteiger partial charge in [0.25, 0.3) is 11.8 Å². The van der Waals surface area contributed by atoms with Gasteiger partial charge in [0, 0.05) is 31.2 Å². The quantitative estimate of drug-likeness (QED) is 0.543. The van der Waals surface area contributed by atoms with E-state index < -0.39 is 0 Å². The summed E-state index contributed by atoms with van der Waals surface area (Å²) in [7, 11) is 0. The van der Waals surface area contributed by atoms with Crippen LogP contribution in [-0.2, 0) is 14.4 Å². The zero-order valence-corrected chi connectivity index (χ0v) is 10.9. The molecule has 0 aromatic rings. The zero-order valence-electron chi connectivity index (χ0n) is 10.9. The molecule has 5 heteroatoms. The molecule has 18 heavy (non-hydrogen) atoms. The van der Waals surface area contributed by atoms with E-state index in [4.69, 9.17) is 0 Å². The van der Waals surface area contributed by atoms with Gasteiger partial charge in [0.15, 0.2) is 0 Å². The van der Waals surface area contributed by atoms with E-state index in [9.17, 15) is 14.4 Å². The van der Waals surface area contributed by atoms with Crippen molar-refractivity contribution < 1.29 is 14.4 Å². The van der Waals surface area contributed by atoms with Crippen LogP contribution in [0.4, 0.5) is 0 Å². The van der Waals surface area contributed by atoms with Gasteiger partial charge in [0.1, 0.15) is 0 Å². The minimum atomic E-state index is -0.238. The lowest BCUT2D eigenvalue weighted by atomic mass is 10.1. The molecule has 0 aromatic carbocycles. The molecule has 0 aromatic heterocycles. The molecule has 1 aliphatic rings. The molecular weight excluding hydrogens is 232 g/mol. The van der Waals surface area contributed by atoms with E-state index in [2.05, 4.69) is 5.32 Å². The van der Waals surface area contributed by atoms with Crippen LogP contribution in [0, 0.1) is 0 Å². The highest BCUT2D eigenvalue weighted by atomic mass is 16.2. The Balaban J connectivity index is 2.07. The number of carbonyl (C=O) groups is 3. The molecule has 100 valence electrons. The lowest BCUT2D eigenvalue weighted by molar-refractivity contribution is -0.137. The van der Waals surface area contributed by atoms with Crippen LogP contribution in [0.3, 0.4) is 0 Å². The first-order valence-corrected chi connectivity index (χ1v) is 6.33. The molecule has 0 atom stereocenters. The van der Waals surface area contributed by atoms with Crippen molar-refractivity contribution in [3.05, 3.63) is 12.2 Å². The van der Waals surface area contributed by atoms with Gasteiger partial charge in [-0.05, 0) is 26.7 Å². The van der Waals surface area contributed by atoms with E-state index in [-0.39, 0.29) is 23.8 Å². The first-order chi connectivity index (χ1) is 8.50. The Labute approximate surface area is 107 Å². The number of imide groups is 1. The van der Waals surface area contributed by atoms with E-state index in [1.165, 1.54) is 17.1 Å². The summed E-state index contributed by atoms with van der Waals surface area (Å²) in [4.78, 5) is 35.0. The van der Waals surface area contributed by atoms with E-state index in [1.807, 2.05) is 13.8 Å². The van der Waals surface area contributed by atoms with Crippen LogP contribution in [0.2, 0.25) is 0 Å². The number of carbonyl (C=O) groups excluding carboxylic acids is 3. The summed E-state index contributed by atoms with van der Waals surface area (Å²) in [5.41, 5.74) is 0. The average molecular weight is 252 g/mol. The maximum atomic E-state index is 11.3. The van der Waals surface area contributed by atoms with Gasteiger partial charge in [-0.2, -0.15) is 0 Å². The summed E-state index contributed by atoms with van der Waals surface area (Å²) in [6.45, 7) is 4.29. The molecule has 3 amide bonds. The largest absolute Gasteiger partial charge is 0.354 e. The molecule has 1 N–H and O–H groups in total. The summed E-state index contributed by atoms with van der Waals surface area (Å²) in [5, 5.41) is 2.82. The molecule has 1 aliphatic heterocycles. The summed E-state index contributed by atoms with van der Waals surface area (Å²) < 4.78 is 0. The van der Waals surface area contributed by atoms with E-state index in [0.29, 0.717) is 13.0 Å². The second-order valence-electron chi connectivity index (χ2n) is 4.69. The highest BCUT2D eigenvalue weighted by Crippen LogP contribution is 2.07. The Kier molecular flexibility index (Phi) is 5.55. The van der Waals surface area contributed by atoms with Crippen LogP contribution in [-0.4, -0.2) is 35.2 Å². The van der Waals surface area contributed by atoms with Gasteiger partial charge in [-0.15, -0.1) is 0 Å². The highest BCUT2D eigenvalue weighted by molar-refractivity contribution is 6.12. The average Bonchev–Trinajstić information content (AvgIpc) is 2.58. The molecule has 0 unspecified atom stereocenters. The summed E-state index contributed by atoms with van der Waals surface area (Å²) >= 11 is 0. The normalized spacial score (nSPS) is 14.7. The zero-order chi connectivity index (χ0) is 13.5. The van der Waals surface area contributed by atoms with Gasteiger partial charge < -0.3 is 5.32 Å². The minimum absolute atomic E-state index is 0.0555. The molecule has 0 bridgehead atoms. The standard InChI is InChI=1S/C13H20N2O3/c1-10(2)14-11(16)6-4-3-5-9-15-12(17)7-8-13(15)18/h7-8,10H,3-6,9H2,1-2H3,(H,14,16). The number of rotatable bonds is 7. The molecule has 0 aliphatic carbocycles. The van der Waals surface area contributed by atoms with Crippen molar-refractivity contribution >= 4 is 17.7 Å². The Bertz CT molecular complexity index is 343. The second-order valence-corrected chi connectivity index (χ2v) is 4.69. The number of nitrogens with one attached hydrogen (secondary N) is 1. The molecule has 0 fully saturated rings. The fraction of sp³-hybridized carbons (Fsp3) is 0.615. The highest BCUT2D eigenvalue weighted by Gasteiger charge is 2.22. The molecule has 0 saturated carbocycles. The van der Waals surface area contributed by atoms with Gasteiger partial charge >= 0.3 is 0 Å². The van der Waals surface area contributed by atoms with Crippen LogP contribution >= 0.6 is 0 Å². The van der Waals surface area contributed by atoms with Crippen LogP contribution in [0.1, 0.15) is 39.5 Å². The predicted molar refractivity (Wildman–Crippen MR) is 67.6 cm³/mol. The summed E-state index contributed by atoms with van der Waals surface area (Å²) in [6.07, 6.45) is 5.44. The number of unbranched alkanes of at least 4 members (excludes halogenated alkanes) is 2. The third-order valence-electron chi connectivity index (χ3n) is 2.64. The van der Waals surface area contributed by atoms with Crippen LogP contribution in [0.5, 0.6) is 0 Å². The molecule has 0 radical (unpaired) electrons. The van der Waals surface area contributed by atoms with Crippen molar-refractivity contribution in [2.24, 2.45) is 0 Å². The smallest absolute Gasteiger partial charge is 0.253 e. The van der Waals surface area contributed by atoms with Gasteiger partial charge in [0.05, 0.1) is 0 Å². The van der Waals surface area contributed by atoms with Crippen molar-refractivity contribution in [1.29, 1.82) is 0 Å². The third-order valence-corrected chi connectivity index (χ3v) is 2.64. The van der Waals surface area contributed by atoms with Crippen LogP contribution in [0.25, 0.3) is 0 Å². The molecular formula is C13H20N2O3. The molecule has 1 heterocycles. The third kappa shape index (κ3) is 4.69. The van der Waals surface area contributed by atoms with Gasteiger partial charge in [0.2, 0.25) is 5.91 Å². The maximum absolute atomic E-state index is 11.3. The van der Waals surface area contributed by atoms with Gasteiger partial charge in [-0.1, -0.05) is 6.42 Å². The minimum Gasteiger partial charge on any atom is -0.354 e. The number of hydrogen-bond donors (Lipinski definition) is 1. The molecule has 0 saturated heterocycles. The Morgan fingerprint density at radius 1 is 1.17 bits per heavy atom. The van der Waals surface area contributed by atoms with Crippen molar-refractivity contribution in [3.8, 4) is 0 Å². The monoisotopic (exact) mass is 252 g/mol. The number of nitrogens with zero attached hydrogens (tertiary/aromatic N) is 1. The SMILES string of the molecule is CC(C)NC(=O)CCCCCN1C(=O)C=CC1=O. The number of amides is 3. The van der Waals surface area contributed by atoms with E-state index in [0.717, 1.165) is 19.3 Å². The fourth-order valence-corrected chi connectivity index (χ4v) is 1.78. The Morgan fingerprint density at radius 2 is 1.78 bits per heavy atom. The predicted octanol–water partition coefficient (Wildman–Crippen LogP) is 0.996. The van der Waals surface area contributed by atoms with Crippen molar-refractivity contribution in [1.82, 2.24) is 10.2 Å². The Hall–Kier alpha value is -1.65. The van der Waals surface area contributed by atoms with Gasteiger partial charge in [-0.25, -0.2) is 0 Å².